The fourth-order valence-electron chi connectivity index (χ4n) is 2.70. The van der Waals surface area contributed by atoms with Crippen molar-refractivity contribution in [3.05, 3.63) is 84.1 Å². The molecule has 2 nitrogen and oxygen atoms in total. The van der Waals surface area contributed by atoms with Gasteiger partial charge in [0.2, 0.25) is 0 Å². The number of nitrogens with zero attached hydrogens (tertiary/aromatic N) is 2. The van der Waals surface area contributed by atoms with Crippen LogP contribution in [0.5, 0.6) is 0 Å². The first-order valence-corrected chi connectivity index (χ1v) is 7.75. The van der Waals surface area contributed by atoms with E-state index in [1.165, 1.54) is 10.8 Å². The summed E-state index contributed by atoms with van der Waals surface area (Å²) in [7, 11) is 0. The van der Waals surface area contributed by atoms with Crippen LogP contribution in [0, 0.1) is 0 Å². The van der Waals surface area contributed by atoms with Gasteiger partial charge >= 0.3 is 0 Å². The second-order valence-electron chi connectivity index (χ2n) is 5.32. The predicted octanol–water partition coefficient (Wildman–Crippen LogP) is 5.62. The smallest absolute Gasteiger partial charge is 0.0965 e. The zero-order chi connectivity index (χ0) is 15.6. The maximum atomic E-state index is 5.99. The highest BCUT2D eigenvalue weighted by Crippen LogP contribution is 2.30. The number of halogens is 1. The van der Waals surface area contributed by atoms with Gasteiger partial charge in [0.25, 0.3) is 0 Å². The van der Waals surface area contributed by atoms with Crippen molar-refractivity contribution < 1.29 is 0 Å². The third kappa shape index (κ3) is 2.69. The van der Waals surface area contributed by atoms with Crippen LogP contribution in [0.1, 0.15) is 0 Å². The second-order valence-corrected chi connectivity index (χ2v) is 5.76. The van der Waals surface area contributed by atoms with Gasteiger partial charge in [0.05, 0.1) is 11.4 Å². The third-order valence-corrected chi connectivity index (χ3v) is 4.09. The Bertz CT molecular complexity index is 978. The lowest BCUT2D eigenvalue weighted by Gasteiger charge is -2.09. The average Bonchev–Trinajstić information content (AvgIpc) is 2.62. The van der Waals surface area contributed by atoms with Gasteiger partial charge in [-0.25, -0.2) is 0 Å². The number of fused-ring (bicyclic) bond motifs is 1. The van der Waals surface area contributed by atoms with Crippen LogP contribution in [0.4, 0.5) is 0 Å². The van der Waals surface area contributed by atoms with Gasteiger partial charge in [-0.2, -0.15) is 0 Å². The van der Waals surface area contributed by atoms with Gasteiger partial charge < -0.3 is 0 Å². The van der Waals surface area contributed by atoms with Crippen molar-refractivity contribution in [1.82, 2.24) is 9.97 Å². The first-order valence-electron chi connectivity index (χ1n) is 7.37. The number of aromatic nitrogens is 2. The third-order valence-electron chi connectivity index (χ3n) is 3.84. The minimum atomic E-state index is 0.713. The molecule has 0 amide bonds. The summed E-state index contributed by atoms with van der Waals surface area (Å²) >= 11 is 5.99. The molecule has 0 atom stereocenters. The minimum Gasteiger partial charge on any atom is -0.252 e. The summed E-state index contributed by atoms with van der Waals surface area (Å²) in [4.78, 5) is 9.09. The lowest BCUT2D eigenvalue weighted by Crippen LogP contribution is -1.92. The number of rotatable bonds is 2. The summed E-state index contributed by atoms with van der Waals surface area (Å²) < 4.78 is 0. The van der Waals surface area contributed by atoms with Crippen LogP contribution in [-0.2, 0) is 0 Å². The van der Waals surface area contributed by atoms with E-state index in [2.05, 4.69) is 40.3 Å². The maximum absolute atomic E-state index is 5.99. The van der Waals surface area contributed by atoms with E-state index in [0.717, 1.165) is 22.5 Å². The molecule has 0 aliphatic heterocycles. The van der Waals surface area contributed by atoms with E-state index in [-0.39, 0.29) is 0 Å². The van der Waals surface area contributed by atoms with Crippen molar-refractivity contribution >= 4 is 22.4 Å². The molecule has 3 heteroatoms. The molecule has 1 heterocycles. The molecule has 0 aliphatic carbocycles. The Morgan fingerprint density at radius 3 is 1.96 bits per heavy atom. The normalized spacial score (nSPS) is 10.8. The topological polar surface area (TPSA) is 25.8 Å². The molecule has 0 unspecified atom stereocenters. The molecule has 110 valence electrons. The van der Waals surface area contributed by atoms with E-state index in [0.29, 0.717) is 5.02 Å². The quantitative estimate of drug-likeness (QED) is 0.480. The number of benzene rings is 3. The largest absolute Gasteiger partial charge is 0.252 e. The minimum absolute atomic E-state index is 0.713. The van der Waals surface area contributed by atoms with Gasteiger partial charge in [-0.05, 0) is 29.0 Å². The monoisotopic (exact) mass is 316 g/mol. The molecule has 1 aromatic heterocycles. The Labute approximate surface area is 139 Å². The zero-order valence-electron chi connectivity index (χ0n) is 12.3. The summed E-state index contributed by atoms with van der Waals surface area (Å²) in [6, 6.07) is 22.3. The average molecular weight is 317 g/mol. The Morgan fingerprint density at radius 1 is 0.609 bits per heavy atom. The Balaban J connectivity index is 1.89. The lowest BCUT2D eigenvalue weighted by atomic mass is 10.0. The van der Waals surface area contributed by atoms with Crippen LogP contribution in [0.25, 0.3) is 33.3 Å². The predicted molar refractivity (Wildman–Crippen MR) is 95.4 cm³/mol. The highest BCUT2D eigenvalue weighted by atomic mass is 35.5. The fraction of sp³-hybridized carbons (Fsp3) is 0. The molecule has 0 saturated heterocycles. The molecule has 0 saturated carbocycles. The van der Waals surface area contributed by atoms with E-state index in [1.807, 2.05) is 36.4 Å². The van der Waals surface area contributed by atoms with E-state index in [1.54, 1.807) is 12.4 Å². The van der Waals surface area contributed by atoms with Gasteiger partial charge in [-0.1, -0.05) is 60.1 Å². The Hall–Kier alpha value is -2.71. The van der Waals surface area contributed by atoms with Crippen LogP contribution >= 0.6 is 11.6 Å². The molecule has 0 bridgehead atoms. The molecule has 0 radical (unpaired) electrons. The summed E-state index contributed by atoms with van der Waals surface area (Å²) in [6.45, 7) is 0. The van der Waals surface area contributed by atoms with Crippen LogP contribution in [-0.4, -0.2) is 9.97 Å². The molecule has 4 aromatic rings. The van der Waals surface area contributed by atoms with E-state index < -0.39 is 0 Å². The first kappa shape index (κ1) is 13.9. The van der Waals surface area contributed by atoms with Crippen molar-refractivity contribution in [2.24, 2.45) is 0 Å². The molecule has 0 aliphatic rings. The molecule has 0 fully saturated rings. The summed E-state index contributed by atoms with van der Waals surface area (Å²) in [5, 5.41) is 3.12. The van der Waals surface area contributed by atoms with Crippen molar-refractivity contribution in [2.75, 3.05) is 0 Å². The Morgan fingerprint density at radius 2 is 1.22 bits per heavy atom. The first-order chi connectivity index (χ1) is 11.3. The molecular formula is C20H13ClN2. The Kier molecular flexibility index (Phi) is 3.52. The maximum Gasteiger partial charge on any atom is 0.0965 e. The van der Waals surface area contributed by atoms with Gasteiger partial charge in [0.1, 0.15) is 0 Å². The second kappa shape index (κ2) is 5.82. The summed E-state index contributed by atoms with van der Waals surface area (Å²) in [5.41, 5.74) is 3.80. The van der Waals surface area contributed by atoms with Crippen molar-refractivity contribution in [3.8, 4) is 22.5 Å². The molecule has 4 rings (SSSR count). The van der Waals surface area contributed by atoms with Gasteiger partial charge in [0, 0.05) is 28.5 Å². The van der Waals surface area contributed by atoms with Gasteiger partial charge in [0.15, 0.2) is 0 Å². The van der Waals surface area contributed by atoms with E-state index in [4.69, 9.17) is 11.6 Å². The SMILES string of the molecule is Clc1ccc(-c2nccnc2-c2ccc3ccccc3c2)cc1. The van der Waals surface area contributed by atoms with Crippen LogP contribution in [0.15, 0.2) is 79.1 Å². The van der Waals surface area contributed by atoms with Crippen LogP contribution in [0.3, 0.4) is 0 Å². The number of hydrogen-bond acceptors (Lipinski definition) is 2. The van der Waals surface area contributed by atoms with Crippen molar-refractivity contribution in [2.45, 2.75) is 0 Å². The highest BCUT2D eigenvalue weighted by Gasteiger charge is 2.10. The standard InChI is InChI=1S/C20H13ClN2/c21-18-9-7-15(8-10-18)19-20(23-12-11-22-19)17-6-5-14-3-1-2-4-16(14)13-17/h1-13H. The number of hydrogen-bond donors (Lipinski definition) is 0. The molecule has 0 spiro atoms. The van der Waals surface area contributed by atoms with Crippen molar-refractivity contribution in [1.29, 1.82) is 0 Å². The van der Waals surface area contributed by atoms with Crippen LogP contribution < -0.4 is 0 Å². The summed E-state index contributed by atoms with van der Waals surface area (Å²) in [6.07, 6.45) is 3.44. The molecule has 0 N–H and O–H groups in total. The zero-order valence-corrected chi connectivity index (χ0v) is 13.0. The molecular weight excluding hydrogens is 304 g/mol. The summed E-state index contributed by atoms with van der Waals surface area (Å²) in [5.74, 6) is 0. The van der Waals surface area contributed by atoms with E-state index in [9.17, 15) is 0 Å². The van der Waals surface area contributed by atoms with E-state index >= 15 is 0 Å². The molecule has 3 aromatic carbocycles. The lowest BCUT2D eigenvalue weighted by molar-refractivity contribution is 1.21. The fourth-order valence-corrected chi connectivity index (χ4v) is 2.83. The van der Waals surface area contributed by atoms with Crippen molar-refractivity contribution in [3.63, 3.8) is 0 Å². The van der Waals surface area contributed by atoms with Gasteiger partial charge in [-0.15, -0.1) is 0 Å². The van der Waals surface area contributed by atoms with Gasteiger partial charge in [-0.3, -0.25) is 9.97 Å². The van der Waals surface area contributed by atoms with Crippen LogP contribution in [0.2, 0.25) is 5.02 Å². The molecule has 23 heavy (non-hydrogen) atoms. The highest BCUT2D eigenvalue weighted by molar-refractivity contribution is 6.30.